The number of anilines is 1. The Bertz CT molecular complexity index is 922. The number of rotatable bonds is 6. The molecule has 2 atom stereocenters. The molecular formula is C22H21NO6. The fourth-order valence-electron chi connectivity index (χ4n) is 3.17. The van der Waals surface area contributed by atoms with E-state index in [9.17, 15) is 19.2 Å². The fourth-order valence-corrected chi connectivity index (χ4v) is 3.17. The molecule has 2 aromatic carbocycles. The summed E-state index contributed by atoms with van der Waals surface area (Å²) in [5.41, 5.74) is 1.40. The monoisotopic (exact) mass is 395 g/mol. The van der Waals surface area contributed by atoms with Gasteiger partial charge in [-0.2, -0.15) is 0 Å². The highest BCUT2D eigenvalue weighted by molar-refractivity contribution is 6.02. The summed E-state index contributed by atoms with van der Waals surface area (Å²) in [4.78, 5) is 50.2. The van der Waals surface area contributed by atoms with E-state index in [2.05, 4.69) is 4.74 Å². The molecule has 1 amide bonds. The highest BCUT2D eigenvalue weighted by Crippen LogP contribution is 2.26. The first-order chi connectivity index (χ1) is 13.9. The van der Waals surface area contributed by atoms with Crippen LogP contribution in [0, 0.1) is 5.92 Å². The van der Waals surface area contributed by atoms with E-state index in [4.69, 9.17) is 4.74 Å². The number of hydrogen-bond acceptors (Lipinski definition) is 6. The van der Waals surface area contributed by atoms with Crippen molar-refractivity contribution in [3.63, 3.8) is 0 Å². The van der Waals surface area contributed by atoms with Crippen LogP contribution in [-0.2, 0) is 19.1 Å². The number of Topliss-reactive ketones (excluding diaryl/α,β-unsaturated/α-hetero) is 1. The Morgan fingerprint density at radius 1 is 1.00 bits per heavy atom. The second-order valence-corrected chi connectivity index (χ2v) is 6.75. The van der Waals surface area contributed by atoms with Crippen LogP contribution in [0.1, 0.15) is 34.1 Å². The highest BCUT2D eigenvalue weighted by atomic mass is 16.5. The lowest BCUT2D eigenvalue weighted by atomic mass is 10.1. The molecule has 0 N–H and O–H groups in total. The number of benzene rings is 2. The van der Waals surface area contributed by atoms with Crippen LogP contribution in [0.2, 0.25) is 0 Å². The van der Waals surface area contributed by atoms with E-state index in [1.54, 1.807) is 54.6 Å². The van der Waals surface area contributed by atoms with Gasteiger partial charge in [0.05, 0.1) is 18.6 Å². The van der Waals surface area contributed by atoms with Crippen molar-refractivity contribution in [1.29, 1.82) is 0 Å². The predicted octanol–water partition coefficient (Wildman–Crippen LogP) is 2.64. The maximum atomic E-state index is 12.5. The number of amides is 1. The topological polar surface area (TPSA) is 90.0 Å². The number of hydrogen-bond donors (Lipinski definition) is 0. The summed E-state index contributed by atoms with van der Waals surface area (Å²) < 4.78 is 9.97. The van der Waals surface area contributed by atoms with Gasteiger partial charge in [-0.3, -0.25) is 14.4 Å². The molecule has 1 heterocycles. The maximum absolute atomic E-state index is 12.5. The summed E-state index contributed by atoms with van der Waals surface area (Å²) in [6.07, 6.45) is -0.933. The summed E-state index contributed by atoms with van der Waals surface area (Å²) in [6.45, 7) is 1.68. The quantitative estimate of drug-likeness (QED) is 0.552. The molecule has 1 aliphatic heterocycles. The van der Waals surface area contributed by atoms with Crippen LogP contribution in [0.25, 0.3) is 0 Å². The third-order valence-corrected chi connectivity index (χ3v) is 4.78. The van der Waals surface area contributed by atoms with E-state index in [-0.39, 0.29) is 24.7 Å². The van der Waals surface area contributed by atoms with Crippen molar-refractivity contribution in [1.82, 2.24) is 0 Å². The van der Waals surface area contributed by atoms with E-state index >= 15 is 0 Å². The minimum absolute atomic E-state index is 0.00380. The molecule has 29 heavy (non-hydrogen) atoms. The second-order valence-electron chi connectivity index (χ2n) is 6.75. The molecule has 0 aliphatic carbocycles. The van der Waals surface area contributed by atoms with Crippen molar-refractivity contribution in [2.75, 3.05) is 18.6 Å². The number of esters is 2. The average Bonchev–Trinajstić information content (AvgIpc) is 3.15. The minimum atomic E-state index is -0.937. The van der Waals surface area contributed by atoms with Crippen LogP contribution in [0.4, 0.5) is 5.69 Å². The molecule has 3 rings (SSSR count). The van der Waals surface area contributed by atoms with Crippen molar-refractivity contribution in [3.05, 3.63) is 65.7 Å². The zero-order valence-corrected chi connectivity index (χ0v) is 16.2. The van der Waals surface area contributed by atoms with Crippen molar-refractivity contribution >= 4 is 29.3 Å². The molecule has 1 saturated heterocycles. The van der Waals surface area contributed by atoms with Gasteiger partial charge in [0, 0.05) is 24.2 Å². The second kappa shape index (κ2) is 8.68. The summed E-state index contributed by atoms with van der Waals surface area (Å²) in [5, 5.41) is 0. The Balaban J connectivity index is 1.62. The number of methoxy groups -OCH3 is 1. The van der Waals surface area contributed by atoms with Crippen molar-refractivity contribution in [2.45, 2.75) is 19.4 Å². The Morgan fingerprint density at radius 2 is 1.66 bits per heavy atom. The third-order valence-electron chi connectivity index (χ3n) is 4.78. The molecule has 0 bridgehead atoms. The van der Waals surface area contributed by atoms with Gasteiger partial charge in [-0.1, -0.05) is 30.3 Å². The van der Waals surface area contributed by atoms with Crippen LogP contribution < -0.4 is 4.90 Å². The van der Waals surface area contributed by atoms with Gasteiger partial charge >= 0.3 is 11.9 Å². The molecule has 1 fully saturated rings. The highest BCUT2D eigenvalue weighted by Gasteiger charge is 2.37. The van der Waals surface area contributed by atoms with E-state index in [0.29, 0.717) is 16.8 Å². The fraction of sp³-hybridized carbons (Fsp3) is 0.273. The van der Waals surface area contributed by atoms with Crippen LogP contribution in [-0.4, -0.2) is 43.4 Å². The molecule has 0 saturated carbocycles. The first-order valence-electron chi connectivity index (χ1n) is 9.19. The van der Waals surface area contributed by atoms with Crippen molar-refractivity contribution < 1.29 is 28.7 Å². The van der Waals surface area contributed by atoms with Gasteiger partial charge in [0.25, 0.3) is 0 Å². The predicted molar refractivity (Wildman–Crippen MR) is 105 cm³/mol. The minimum Gasteiger partial charge on any atom is -0.465 e. The number of ketones is 1. The maximum Gasteiger partial charge on any atom is 0.337 e. The molecule has 1 aliphatic rings. The summed E-state index contributed by atoms with van der Waals surface area (Å²) in [6, 6.07) is 14.9. The Labute approximate surface area is 168 Å². The first-order valence-corrected chi connectivity index (χ1v) is 9.19. The first kappa shape index (κ1) is 20.3. The lowest BCUT2D eigenvalue weighted by Crippen LogP contribution is -2.30. The molecule has 150 valence electrons. The third kappa shape index (κ3) is 4.51. The van der Waals surface area contributed by atoms with Crippen molar-refractivity contribution in [3.8, 4) is 0 Å². The summed E-state index contributed by atoms with van der Waals surface area (Å²) in [7, 11) is 1.29. The SMILES string of the molecule is COC(=O)c1ccc(N2C[C@H](C(=O)O[C@@H](C)C(=O)c3ccccc3)CC2=O)cc1. The lowest BCUT2D eigenvalue weighted by molar-refractivity contribution is -0.151. The van der Waals surface area contributed by atoms with Gasteiger partial charge in [0.1, 0.15) is 0 Å². The van der Waals surface area contributed by atoms with Gasteiger partial charge in [-0.25, -0.2) is 4.79 Å². The van der Waals surface area contributed by atoms with Crippen LogP contribution in [0.5, 0.6) is 0 Å². The molecule has 7 heteroatoms. The molecule has 0 radical (unpaired) electrons. The standard InChI is InChI=1S/C22H21NO6/c1-14(20(25)15-6-4-3-5-7-15)29-22(27)17-12-19(24)23(13-17)18-10-8-16(9-11-18)21(26)28-2/h3-11,14,17H,12-13H2,1-2H3/t14-,17+/m0/s1. The Kier molecular flexibility index (Phi) is 6.07. The van der Waals surface area contributed by atoms with E-state index in [0.717, 1.165) is 0 Å². The van der Waals surface area contributed by atoms with Crippen molar-refractivity contribution in [2.24, 2.45) is 5.92 Å². The summed E-state index contributed by atoms with van der Waals surface area (Å²) >= 11 is 0. The van der Waals surface area contributed by atoms with Gasteiger partial charge in [0.2, 0.25) is 11.7 Å². The number of carbonyl (C=O) groups is 4. The average molecular weight is 395 g/mol. The summed E-state index contributed by atoms with van der Waals surface area (Å²) in [5.74, 6) is -2.22. The smallest absolute Gasteiger partial charge is 0.337 e. The normalized spacial score (nSPS) is 17.0. The molecule has 7 nitrogen and oxygen atoms in total. The molecule has 0 unspecified atom stereocenters. The van der Waals surface area contributed by atoms with Gasteiger partial charge in [0.15, 0.2) is 6.10 Å². The largest absolute Gasteiger partial charge is 0.465 e. The van der Waals surface area contributed by atoms with Gasteiger partial charge < -0.3 is 14.4 Å². The molecule has 0 spiro atoms. The van der Waals surface area contributed by atoms with Gasteiger partial charge in [-0.15, -0.1) is 0 Å². The lowest BCUT2D eigenvalue weighted by Gasteiger charge is -2.18. The van der Waals surface area contributed by atoms with E-state index in [1.165, 1.54) is 18.9 Å². The van der Waals surface area contributed by atoms with Crippen LogP contribution >= 0.6 is 0 Å². The number of nitrogens with zero attached hydrogens (tertiary/aromatic N) is 1. The number of ether oxygens (including phenoxy) is 2. The number of carbonyl (C=O) groups excluding carboxylic acids is 4. The van der Waals surface area contributed by atoms with Crippen LogP contribution in [0.15, 0.2) is 54.6 Å². The Hall–Kier alpha value is -3.48. The zero-order valence-electron chi connectivity index (χ0n) is 16.2. The molecule has 0 aromatic heterocycles. The van der Waals surface area contributed by atoms with E-state index < -0.39 is 24.0 Å². The van der Waals surface area contributed by atoms with Crippen LogP contribution in [0.3, 0.4) is 0 Å². The Morgan fingerprint density at radius 3 is 2.28 bits per heavy atom. The van der Waals surface area contributed by atoms with E-state index in [1.807, 2.05) is 0 Å². The van der Waals surface area contributed by atoms with Gasteiger partial charge in [-0.05, 0) is 31.2 Å². The molecular weight excluding hydrogens is 374 g/mol. The zero-order chi connectivity index (χ0) is 21.0. The molecule has 2 aromatic rings.